The number of carbonyl (C=O) groups is 1. The number of amides is 1. The standard InChI is InChI=1S/C16H13N5O3/c22-16(23)19-12-6-10-7-14(24-11-4-2-1-3-5-11)17-8-13(10)21-9-18-20-15(12)21/h1-5,7-9,12,19H,6H2,(H,22,23). The number of benzene rings is 1. The number of nitrogens with one attached hydrogen (secondary N) is 1. The van der Waals surface area contributed by atoms with Crippen LogP contribution in [0.3, 0.4) is 0 Å². The molecule has 24 heavy (non-hydrogen) atoms. The number of hydrogen-bond donors (Lipinski definition) is 2. The van der Waals surface area contributed by atoms with Gasteiger partial charge in [0.1, 0.15) is 12.1 Å². The molecule has 3 heterocycles. The Morgan fingerprint density at radius 2 is 2.17 bits per heavy atom. The van der Waals surface area contributed by atoms with Crippen molar-refractivity contribution >= 4 is 6.09 Å². The Morgan fingerprint density at radius 1 is 1.33 bits per heavy atom. The van der Waals surface area contributed by atoms with Crippen LogP contribution in [0, 0.1) is 0 Å². The van der Waals surface area contributed by atoms with Crippen LogP contribution in [0.5, 0.6) is 11.6 Å². The number of para-hydroxylation sites is 1. The van der Waals surface area contributed by atoms with Gasteiger partial charge in [-0.15, -0.1) is 10.2 Å². The molecule has 0 saturated heterocycles. The maximum absolute atomic E-state index is 11.0. The van der Waals surface area contributed by atoms with Crippen LogP contribution in [0.1, 0.15) is 17.4 Å². The van der Waals surface area contributed by atoms with Gasteiger partial charge in [-0.3, -0.25) is 4.57 Å². The number of aromatic nitrogens is 4. The zero-order chi connectivity index (χ0) is 16.5. The van der Waals surface area contributed by atoms with Crippen molar-refractivity contribution < 1.29 is 14.6 Å². The topological polar surface area (TPSA) is 102 Å². The van der Waals surface area contributed by atoms with Gasteiger partial charge in [-0.2, -0.15) is 0 Å². The van der Waals surface area contributed by atoms with Crippen molar-refractivity contribution in [3.63, 3.8) is 0 Å². The van der Waals surface area contributed by atoms with Crippen LogP contribution in [0.4, 0.5) is 4.79 Å². The van der Waals surface area contributed by atoms with Gasteiger partial charge >= 0.3 is 6.09 Å². The van der Waals surface area contributed by atoms with Crippen LogP contribution < -0.4 is 10.1 Å². The number of rotatable bonds is 3. The Labute approximate surface area is 136 Å². The van der Waals surface area contributed by atoms with Gasteiger partial charge in [-0.1, -0.05) is 18.2 Å². The molecule has 0 radical (unpaired) electrons. The van der Waals surface area contributed by atoms with Crippen LogP contribution in [-0.2, 0) is 6.42 Å². The van der Waals surface area contributed by atoms with Crippen molar-refractivity contribution in [3.05, 3.63) is 60.3 Å². The van der Waals surface area contributed by atoms with Crippen molar-refractivity contribution in [2.75, 3.05) is 0 Å². The monoisotopic (exact) mass is 323 g/mol. The maximum atomic E-state index is 11.0. The van der Waals surface area contributed by atoms with Gasteiger partial charge in [-0.05, 0) is 17.7 Å². The number of nitrogens with zero attached hydrogens (tertiary/aromatic N) is 4. The smallest absolute Gasteiger partial charge is 0.405 e. The number of pyridine rings is 1. The average molecular weight is 323 g/mol. The van der Waals surface area contributed by atoms with Gasteiger partial charge in [0.2, 0.25) is 5.88 Å². The molecule has 1 amide bonds. The third-order valence-electron chi connectivity index (χ3n) is 3.77. The second-order valence-corrected chi connectivity index (χ2v) is 5.33. The summed E-state index contributed by atoms with van der Waals surface area (Å²) in [7, 11) is 0. The SMILES string of the molecule is O=C(O)NC1Cc2cc(Oc3ccccc3)ncc2-n2cnnc21. The number of carboxylic acid groups (broad SMARTS) is 1. The Hall–Kier alpha value is -3.42. The summed E-state index contributed by atoms with van der Waals surface area (Å²) in [6.45, 7) is 0. The summed E-state index contributed by atoms with van der Waals surface area (Å²) >= 11 is 0. The number of hydrogen-bond acceptors (Lipinski definition) is 5. The molecule has 1 unspecified atom stereocenters. The van der Waals surface area contributed by atoms with E-state index in [1.165, 1.54) is 0 Å². The summed E-state index contributed by atoms with van der Waals surface area (Å²) in [5.41, 5.74) is 1.72. The maximum Gasteiger partial charge on any atom is 0.405 e. The zero-order valence-corrected chi connectivity index (χ0v) is 12.5. The molecule has 1 atom stereocenters. The van der Waals surface area contributed by atoms with E-state index in [1.54, 1.807) is 17.1 Å². The first kappa shape index (κ1) is 14.2. The highest BCUT2D eigenvalue weighted by molar-refractivity contribution is 5.65. The number of fused-ring (bicyclic) bond motifs is 3. The fourth-order valence-electron chi connectivity index (χ4n) is 2.76. The minimum atomic E-state index is -1.10. The van der Waals surface area contributed by atoms with Crippen LogP contribution >= 0.6 is 0 Å². The van der Waals surface area contributed by atoms with Gasteiger partial charge in [-0.25, -0.2) is 9.78 Å². The van der Waals surface area contributed by atoms with E-state index < -0.39 is 12.1 Å². The molecule has 1 aromatic carbocycles. The molecule has 8 nitrogen and oxygen atoms in total. The summed E-state index contributed by atoms with van der Waals surface area (Å²) in [5, 5.41) is 19.4. The zero-order valence-electron chi connectivity index (χ0n) is 12.5. The first-order chi connectivity index (χ1) is 11.7. The highest BCUT2D eigenvalue weighted by Crippen LogP contribution is 2.31. The van der Waals surface area contributed by atoms with E-state index in [1.807, 2.05) is 36.4 Å². The van der Waals surface area contributed by atoms with E-state index in [4.69, 9.17) is 9.84 Å². The molecule has 0 bridgehead atoms. The average Bonchev–Trinajstić information content (AvgIpc) is 3.05. The van der Waals surface area contributed by atoms with Crippen molar-refractivity contribution in [1.29, 1.82) is 0 Å². The van der Waals surface area contributed by atoms with E-state index in [-0.39, 0.29) is 0 Å². The normalized spacial score (nSPS) is 15.2. The summed E-state index contributed by atoms with van der Waals surface area (Å²) in [5.74, 6) is 1.68. The minimum Gasteiger partial charge on any atom is -0.465 e. The molecule has 0 aliphatic carbocycles. The predicted octanol–water partition coefficient (Wildman–Crippen LogP) is 2.32. The fraction of sp³-hybridized carbons (Fsp3) is 0.125. The lowest BCUT2D eigenvalue weighted by atomic mass is 10.0. The fourth-order valence-corrected chi connectivity index (χ4v) is 2.76. The molecule has 8 heteroatoms. The minimum absolute atomic E-state index is 0.450. The van der Waals surface area contributed by atoms with E-state index in [0.717, 1.165) is 11.3 Å². The lowest BCUT2D eigenvalue weighted by Gasteiger charge is -2.24. The van der Waals surface area contributed by atoms with Crippen molar-refractivity contribution in [3.8, 4) is 17.3 Å². The Morgan fingerprint density at radius 3 is 2.96 bits per heavy atom. The molecule has 3 aromatic rings. The summed E-state index contributed by atoms with van der Waals surface area (Å²) in [6, 6.07) is 10.7. The third kappa shape index (κ3) is 2.54. The largest absolute Gasteiger partial charge is 0.465 e. The highest BCUT2D eigenvalue weighted by Gasteiger charge is 2.28. The molecule has 4 rings (SSSR count). The summed E-state index contributed by atoms with van der Waals surface area (Å²) in [6.07, 6.45) is 2.57. The van der Waals surface area contributed by atoms with Crippen molar-refractivity contribution in [1.82, 2.24) is 25.1 Å². The molecule has 2 aromatic heterocycles. The molecular formula is C16H13N5O3. The first-order valence-electron chi connectivity index (χ1n) is 7.32. The van der Waals surface area contributed by atoms with E-state index in [9.17, 15) is 4.79 Å². The van der Waals surface area contributed by atoms with E-state index in [2.05, 4.69) is 20.5 Å². The van der Waals surface area contributed by atoms with Crippen molar-refractivity contribution in [2.45, 2.75) is 12.5 Å². The van der Waals surface area contributed by atoms with Gasteiger partial charge in [0, 0.05) is 12.5 Å². The summed E-state index contributed by atoms with van der Waals surface area (Å²) in [4.78, 5) is 15.3. The first-order valence-corrected chi connectivity index (χ1v) is 7.32. The van der Waals surface area contributed by atoms with Crippen LogP contribution in [-0.4, -0.2) is 30.9 Å². The van der Waals surface area contributed by atoms with Gasteiger partial charge in [0.05, 0.1) is 17.9 Å². The number of ether oxygens (including phenoxy) is 1. The summed E-state index contributed by atoms with van der Waals surface area (Å²) < 4.78 is 7.48. The third-order valence-corrected chi connectivity index (χ3v) is 3.77. The molecule has 0 saturated carbocycles. The van der Waals surface area contributed by atoms with Gasteiger partial charge in [0.15, 0.2) is 5.82 Å². The molecule has 120 valence electrons. The van der Waals surface area contributed by atoms with Crippen LogP contribution in [0.2, 0.25) is 0 Å². The Kier molecular flexibility index (Phi) is 3.34. The second-order valence-electron chi connectivity index (χ2n) is 5.33. The van der Waals surface area contributed by atoms with Crippen LogP contribution in [0.15, 0.2) is 48.9 Å². The van der Waals surface area contributed by atoms with Crippen molar-refractivity contribution in [2.24, 2.45) is 0 Å². The molecule has 2 N–H and O–H groups in total. The van der Waals surface area contributed by atoms with Crippen LogP contribution in [0.25, 0.3) is 5.69 Å². The Balaban J connectivity index is 1.69. The molecular weight excluding hydrogens is 310 g/mol. The van der Waals surface area contributed by atoms with Gasteiger partial charge in [0.25, 0.3) is 0 Å². The molecule has 0 fully saturated rings. The quantitative estimate of drug-likeness (QED) is 0.767. The second kappa shape index (κ2) is 5.65. The van der Waals surface area contributed by atoms with E-state index >= 15 is 0 Å². The molecule has 1 aliphatic rings. The lowest BCUT2D eigenvalue weighted by Crippen LogP contribution is -2.33. The lowest BCUT2D eigenvalue weighted by molar-refractivity contribution is 0.188. The van der Waals surface area contributed by atoms with E-state index in [0.29, 0.717) is 23.9 Å². The molecule has 0 spiro atoms. The predicted molar refractivity (Wildman–Crippen MR) is 83.3 cm³/mol. The highest BCUT2D eigenvalue weighted by atomic mass is 16.5. The Bertz CT molecular complexity index is 894. The molecule has 1 aliphatic heterocycles. The van der Waals surface area contributed by atoms with Gasteiger partial charge < -0.3 is 15.2 Å².